The van der Waals surface area contributed by atoms with Crippen molar-refractivity contribution in [2.45, 2.75) is 50.7 Å². The van der Waals surface area contributed by atoms with Crippen molar-refractivity contribution in [2.75, 3.05) is 32.1 Å². The molecule has 2 atom stereocenters. The fourth-order valence-electron chi connectivity index (χ4n) is 5.56. The number of carboxylic acid groups (broad SMARTS) is 1. The maximum absolute atomic E-state index is 13.7. The maximum atomic E-state index is 13.7. The third-order valence-electron chi connectivity index (χ3n) is 7.75. The number of aliphatic hydroxyl groups is 1. The number of aliphatic hydroxyl groups excluding tert-OH is 1. The highest BCUT2D eigenvalue weighted by Crippen LogP contribution is 2.36. The van der Waals surface area contributed by atoms with Gasteiger partial charge in [-0.3, -0.25) is 9.36 Å². The van der Waals surface area contributed by atoms with Crippen molar-refractivity contribution < 1.29 is 15.0 Å². The molecule has 0 unspecified atom stereocenters. The monoisotopic (exact) mass is 502 g/mol. The zero-order valence-corrected chi connectivity index (χ0v) is 21.4. The summed E-state index contributed by atoms with van der Waals surface area (Å²) in [6.07, 6.45) is 9.20. The van der Waals surface area contributed by atoms with Crippen LogP contribution in [0.3, 0.4) is 0 Å². The van der Waals surface area contributed by atoms with Gasteiger partial charge < -0.3 is 20.0 Å². The second-order valence-electron chi connectivity index (χ2n) is 10.3. The summed E-state index contributed by atoms with van der Waals surface area (Å²) in [4.78, 5) is 32.9. The third-order valence-corrected chi connectivity index (χ3v) is 7.75. The Morgan fingerprint density at radius 1 is 1.16 bits per heavy atom. The lowest BCUT2D eigenvalue weighted by atomic mass is 9.91. The molecule has 1 aliphatic carbocycles. The number of anilines is 1. The number of likely N-dealkylation sites (N-methyl/N-ethyl adjacent to an activating group) is 2. The maximum Gasteiger partial charge on any atom is 0.407 e. The summed E-state index contributed by atoms with van der Waals surface area (Å²) in [5.41, 5.74) is 5.91. The topological polar surface area (TPSA) is 98.9 Å². The van der Waals surface area contributed by atoms with Crippen LogP contribution in [0.25, 0.3) is 17.0 Å². The van der Waals surface area contributed by atoms with Crippen molar-refractivity contribution in [3.63, 3.8) is 0 Å². The van der Waals surface area contributed by atoms with Gasteiger partial charge in [0.15, 0.2) is 0 Å². The minimum atomic E-state index is -0.928. The molecule has 37 heavy (non-hydrogen) atoms. The quantitative estimate of drug-likeness (QED) is 0.527. The fourth-order valence-corrected chi connectivity index (χ4v) is 5.56. The molecule has 1 amide bonds. The molecule has 5 rings (SSSR count). The van der Waals surface area contributed by atoms with E-state index >= 15 is 0 Å². The normalized spacial score (nSPS) is 19.2. The van der Waals surface area contributed by atoms with E-state index in [9.17, 15) is 14.7 Å². The molecular formula is C29H34N4O4. The molecule has 3 aromatic rings. The predicted octanol–water partition coefficient (Wildman–Crippen LogP) is 4.08. The predicted molar refractivity (Wildman–Crippen MR) is 145 cm³/mol. The summed E-state index contributed by atoms with van der Waals surface area (Å²) in [6, 6.07) is 9.97. The Balaban J connectivity index is 1.51. The van der Waals surface area contributed by atoms with E-state index in [1.54, 1.807) is 17.9 Å². The third kappa shape index (κ3) is 4.98. The van der Waals surface area contributed by atoms with Crippen molar-refractivity contribution in [3.8, 4) is 0 Å². The number of hydrogen-bond acceptors (Lipinski definition) is 5. The van der Waals surface area contributed by atoms with E-state index < -0.39 is 12.2 Å². The number of benzene rings is 2. The van der Waals surface area contributed by atoms with Crippen molar-refractivity contribution in [3.05, 3.63) is 75.3 Å². The molecule has 2 N–H and O–H groups in total. The number of fused-ring (bicyclic) bond motifs is 3. The second-order valence-corrected chi connectivity index (χ2v) is 10.3. The number of amides is 1. The average Bonchev–Trinajstić information content (AvgIpc) is 2.89. The van der Waals surface area contributed by atoms with E-state index in [1.807, 2.05) is 25.2 Å². The molecular weight excluding hydrogens is 468 g/mol. The Kier molecular flexibility index (Phi) is 7.02. The molecule has 8 nitrogen and oxygen atoms in total. The summed E-state index contributed by atoms with van der Waals surface area (Å²) in [5, 5.41) is 20.2. The molecule has 2 heterocycles. The zero-order valence-electron chi connectivity index (χ0n) is 21.4. The Labute approximate surface area is 216 Å². The Morgan fingerprint density at radius 2 is 1.89 bits per heavy atom. The highest BCUT2D eigenvalue weighted by atomic mass is 16.4. The largest absolute Gasteiger partial charge is 0.465 e. The number of rotatable bonds is 6. The van der Waals surface area contributed by atoms with Crippen LogP contribution in [0, 0.1) is 0 Å². The van der Waals surface area contributed by atoms with E-state index in [0.29, 0.717) is 36.7 Å². The Hall–Kier alpha value is -3.65. The van der Waals surface area contributed by atoms with Crippen LogP contribution in [0.2, 0.25) is 0 Å². The van der Waals surface area contributed by atoms with Gasteiger partial charge in [0, 0.05) is 32.7 Å². The molecule has 2 aliphatic rings. The van der Waals surface area contributed by atoms with Gasteiger partial charge in [-0.25, -0.2) is 9.78 Å². The Morgan fingerprint density at radius 3 is 2.62 bits per heavy atom. The summed E-state index contributed by atoms with van der Waals surface area (Å²) in [5.74, 6) is 0. The number of nitrogens with zero attached hydrogens (tertiary/aromatic N) is 4. The molecule has 0 saturated heterocycles. The SMILES string of the molecule is CN(CCc1ccc(Cc2cc3c(=O)n([C@H]4CCCC[C@@H]4O)cnc3c3c2C=CCN3C)cc1)C(=O)O. The van der Waals surface area contributed by atoms with Gasteiger partial charge in [-0.15, -0.1) is 0 Å². The van der Waals surface area contributed by atoms with Crippen LogP contribution in [0.1, 0.15) is 54.0 Å². The van der Waals surface area contributed by atoms with Crippen LogP contribution >= 0.6 is 0 Å². The van der Waals surface area contributed by atoms with E-state index in [2.05, 4.69) is 29.2 Å². The van der Waals surface area contributed by atoms with Crippen molar-refractivity contribution in [1.82, 2.24) is 14.5 Å². The molecule has 0 spiro atoms. The van der Waals surface area contributed by atoms with Gasteiger partial charge in [-0.2, -0.15) is 0 Å². The van der Waals surface area contributed by atoms with Crippen molar-refractivity contribution in [1.29, 1.82) is 0 Å². The van der Waals surface area contributed by atoms with E-state index in [4.69, 9.17) is 10.1 Å². The van der Waals surface area contributed by atoms with Gasteiger partial charge in [0.05, 0.1) is 29.5 Å². The molecule has 8 heteroatoms. The summed E-state index contributed by atoms with van der Waals surface area (Å²) >= 11 is 0. The fraction of sp³-hybridized carbons (Fsp3) is 0.414. The first-order valence-corrected chi connectivity index (χ1v) is 13.0. The molecule has 0 bridgehead atoms. The first-order chi connectivity index (χ1) is 17.8. The van der Waals surface area contributed by atoms with Crippen molar-refractivity contribution >= 4 is 28.8 Å². The first-order valence-electron chi connectivity index (χ1n) is 13.0. The lowest BCUT2D eigenvalue weighted by molar-refractivity contribution is 0.0735. The molecule has 1 aliphatic heterocycles. The number of carbonyl (C=O) groups is 1. The van der Waals surface area contributed by atoms with E-state index in [0.717, 1.165) is 53.7 Å². The second kappa shape index (κ2) is 10.4. The van der Waals surface area contributed by atoms with Crippen LogP contribution in [0.5, 0.6) is 0 Å². The minimum absolute atomic E-state index is 0.0964. The minimum Gasteiger partial charge on any atom is -0.465 e. The van der Waals surface area contributed by atoms with Crippen LogP contribution in [0.15, 0.2) is 47.5 Å². The average molecular weight is 503 g/mol. The number of hydrogen-bond donors (Lipinski definition) is 2. The van der Waals surface area contributed by atoms with Crippen LogP contribution < -0.4 is 10.5 Å². The zero-order chi connectivity index (χ0) is 26.1. The van der Waals surface area contributed by atoms with Gasteiger partial charge >= 0.3 is 6.09 Å². The van der Waals surface area contributed by atoms with Gasteiger partial charge in [-0.05, 0) is 48.4 Å². The lowest BCUT2D eigenvalue weighted by Crippen LogP contribution is -2.35. The lowest BCUT2D eigenvalue weighted by Gasteiger charge is -2.30. The van der Waals surface area contributed by atoms with Crippen LogP contribution in [-0.4, -0.2) is 64.0 Å². The molecule has 1 saturated carbocycles. The summed E-state index contributed by atoms with van der Waals surface area (Å²) < 4.78 is 1.64. The molecule has 0 radical (unpaired) electrons. The van der Waals surface area contributed by atoms with E-state index in [1.165, 1.54) is 4.90 Å². The highest BCUT2D eigenvalue weighted by molar-refractivity contribution is 5.97. The van der Waals surface area contributed by atoms with Crippen molar-refractivity contribution in [2.24, 2.45) is 0 Å². The van der Waals surface area contributed by atoms with E-state index in [-0.39, 0.29) is 11.6 Å². The molecule has 194 valence electrons. The van der Waals surface area contributed by atoms with Gasteiger partial charge in [-0.1, -0.05) is 49.3 Å². The molecule has 1 aromatic heterocycles. The van der Waals surface area contributed by atoms with Gasteiger partial charge in [0.2, 0.25) is 0 Å². The van der Waals surface area contributed by atoms with Gasteiger partial charge in [0.25, 0.3) is 5.56 Å². The number of aromatic nitrogens is 2. The van der Waals surface area contributed by atoms with Gasteiger partial charge in [0.1, 0.15) is 5.52 Å². The smallest absolute Gasteiger partial charge is 0.407 e. The molecule has 1 fully saturated rings. The standard InChI is InChI=1S/C29H34N4O4/c1-31-14-5-6-22-21(16-20-11-9-19(10-12-20)13-15-32(2)29(36)37)17-23-26(27(22)31)30-18-33(28(23)35)24-7-3-4-8-25(24)34/h5-6,9-12,17-18,24-25,34H,3-4,7-8,13-16H2,1-2H3,(H,36,37)/t24-,25-/m0/s1. The van der Waals surface area contributed by atoms with Crippen LogP contribution in [0.4, 0.5) is 10.5 Å². The molecule has 2 aromatic carbocycles. The Bertz CT molecular complexity index is 1400. The highest BCUT2D eigenvalue weighted by Gasteiger charge is 2.27. The summed E-state index contributed by atoms with van der Waals surface area (Å²) in [7, 11) is 3.59. The summed E-state index contributed by atoms with van der Waals surface area (Å²) in [6.45, 7) is 1.19. The van der Waals surface area contributed by atoms with Crippen LogP contribution in [-0.2, 0) is 12.8 Å². The first kappa shape index (κ1) is 25.0.